The van der Waals surface area contributed by atoms with Crippen molar-refractivity contribution >= 4 is 17.4 Å². The fourth-order valence-corrected chi connectivity index (χ4v) is 2.15. The molecule has 1 aromatic heterocycles. The van der Waals surface area contributed by atoms with Crippen LogP contribution in [-0.2, 0) is 6.42 Å². The van der Waals surface area contributed by atoms with Crippen LogP contribution in [0.2, 0.25) is 0 Å². The van der Waals surface area contributed by atoms with Gasteiger partial charge in [-0.1, -0.05) is 17.8 Å². The fourth-order valence-electron chi connectivity index (χ4n) is 1.48. The van der Waals surface area contributed by atoms with Gasteiger partial charge in [0.05, 0.1) is 18.8 Å². The number of aryl methyl sites for hydroxylation is 1. The molecule has 0 aliphatic carbocycles. The lowest BCUT2D eigenvalue weighted by Crippen LogP contribution is -2.37. The highest BCUT2D eigenvalue weighted by Crippen LogP contribution is 2.16. The Kier molecular flexibility index (Phi) is 6.06. The third-order valence-corrected chi connectivity index (χ3v) is 3.01. The van der Waals surface area contributed by atoms with E-state index >= 15 is 0 Å². The quantitative estimate of drug-likeness (QED) is 0.814. The maximum absolute atomic E-state index is 12.4. The van der Waals surface area contributed by atoms with Gasteiger partial charge in [0.25, 0.3) is 12.3 Å². The van der Waals surface area contributed by atoms with Gasteiger partial charge in [0, 0.05) is 6.54 Å². The molecule has 0 saturated heterocycles. The van der Waals surface area contributed by atoms with Crippen molar-refractivity contribution in [3.05, 3.63) is 10.6 Å². The summed E-state index contributed by atoms with van der Waals surface area (Å²) in [5.74, 6) is -0.539. The number of carbonyl (C=O) groups is 1. The lowest BCUT2D eigenvalue weighted by Gasteiger charge is -2.20. The highest BCUT2D eigenvalue weighted by atomic mass is 32.1. The first kappa shape index (κ1) is 14.9. The Balaban J connectivity index is 2.83. The van der Waals surface area contributed by atoms with Gasteiger partial charge in [0.1, 0.15) is 4.88 Å². The van der Waals surface area contributed by atoms with E-state index in [-0.39, 0.29) is 18.0 Å². The van der Waals surface area contributed by atoms with E-state index in [4.69, 9.17) is 5.11 Å². The van der Waals surface area contributed by atoms with E-state index in [1.165, 1.54) is 0 Å². The van der Waals surface area contributed by atoms with Crippen LogP contribution < -0.4 is 0 Å². The summed E-state index contributed by atoms with van der Waals surface area (Å²) >= 11 is 0.900. The molecule has 1 amide bonds. The van der Waals surface area contributed by atoms with Crippen molar-refractivity contribution in [3.63, 3.8) is 0 Å². The van der Waals surface area contributed by atoms with Crippen molar-refractivity contribution in [1.29, 1.82) is 0 Å². The Morgan fingerprint density at radius 2 is 2.28 bits per heavy atom. The van der Waals surface area contributed by atoms with Crippen LogP contribution in [0.3, 0.4) is 0 Å². The first-order chi connectivity index (χ1) is 8.60. The first-order valence-corrected chi connectivity index (χ1v) is 6.37. The molecule has 5 nitrogen and oxygen atoms in total. The molecule has 1 aromatic rings. The minimum Gasteiger partial charge on any atom is -0.395 e. The monoisotopic (exact) mass is 279 g/mol. The Hall–Kier alpha value is -1.15. The van der Waals surface area contributed by atoms with Gasteiger partial charge in [0.2, 0.25) is 0 Å². The van der Waals surface area contributed by atoms with Gasteiger partial charge in [-0.25, -0.2) is 8.78 Å². The maximum atomic E-state index is 12.4. The summed E-state index contributed by atoms with van der Waals surface area (Å²) < 4.78 is 28.4. The summed E-state index contributed by atoms with van der Waals surface area (Å²) in [6, 6.07) is 0. The number of alkyl halides is 2. The molecule has 0 aliphatic heterocycles. The van der Waals surface area contributed by atoms with Crippen LogP contribution in [0.25, 0.3) is 0 Å². The number of hydrogen-bond acceptors (Lipinski definition) is 5. The lowest BCUT2D eigenvalue weighted by atomic mass is 10.2. The van der Waals surface area contributed by atoms with Crippen LogP contribution >= 0.6 is 11.5 Å². The zero-order chi connectivity index (χ0) is 13.5. The summed E-state index contributed by atoms with van der Waals surface area (Å²) in [7, 11) is 0. The number of carbonyl (C=O) groups excluding carboxylic acids is 1. The molecule has 0 bridgehead atoms. The molecule has 0 saturated carbocycles. The SMILES string of the molecule is CCCc1nnsc1C(=O)N(CCO)CC(F)F. The van der Waals surface area contributed by atoms with Crippen molar-refractivity contribution in [2.75, 3.05) is 19.7 Å². The summed E-state index contributed by atoms with van der Waals surface area (Å²) in [5, 5.41) is 12.6. The van der Waals surface area contributed by atoms with E-state index in [9.17, 15) is 13.6 Å². The molecule has 0 unspecified atom stereocenters. The lowest BCUT2D eigenvalue weighted by molar-refractivity contribution is 0.0512. The highest BCUT2D eigenvalue weighted by Gasteiger charge is 2.24. The van der Waals surface area contributed by atoms with Gasteiger partial charge in [-0.2, -0.15) is 0 Å². The Bertz CT molecular complexity index is 387. The average molecular weight is 279 g/mol. The molecule has 0 aliphatic rings. The van der Waals surface area contributed by atoms with Gasteiger partial charge >= 0.3 is 0 Å². The molecule has 0 fully saturated rings. The largest absolute Gasteiger partial charge is 0.395 e. The van der Waals surface area contributed by atoms with E-state index in [0.717, 1.165) is 22.9 Å². The molecule has 1 rings (SSSR count). The van der Waals surface area contributed by atoms with Crippen molar-refractivity contribution in [1.82, 2.24) is 14.5 Å². The average Bonchev–Trinajstić information content (AvgIpc) is 2.76. The van der Waals surface area contributed by atoms with Crippen LogP contribution in [0, 0.1) is 0 Å². The molecule has 0 spiro atoms. The zero-order valence-corrected chi connectivity index (χ0v) is 10.8. The van der Waals surface area contributed by atoms with Crippen LogP contribution in [0.15, 0.2) is 0 Å². The van der Waals surface area contributed by atoms with Crippen LogP contribution in [-0.4, -0.2) is 51.6 Å². The van der Waals surface area contributed by atoms with E-state index in [1.807, 2.05) is 6.92 Å². The second kappa shape index (κ2) is 7.32. The Labute approximate surface area is 108 Å². The number of hydrogen-bond donors (Lipinski definition) is 1. The van der Waals surface area contributed by atoms with Gasteiger partial charge < -0.3 is 10.0 Å². The Morgan fingerprint density at radius 3 is 2.83 bits per heavy atom. The molecule has 0 aromatic carbocycles. The second-order valence-electron chi connectivity index (χ2n) is 3.66. The molecule has 8 heteroatoms. The molecular formula is C10H15F2N3O2S. The number of nitrogens with zero attached hydrogens (tertiary/aromatic N) is 3. The van der Waals surface area contributed by atoms with Gasteiger partial charge in [-0.3, -0.25) is 4.79 Å². The predicted molar refractivity (Wildman–Crippen MR) is 62.9 cm³/mol. The van der Waals surface area contributed by atoms with Gasteiger partial charge in [-0.15, -0.1) is 5.10 Å². The van der Waals surface area contributed by atoms with Gasteiger partial charge in [-0.05, 0) is 18.0 Å². The minimum absolute atomic E-state index is 0.118. The van der Waals surface area contributed by atoms with Gasteiger partial charge in [0.15, 0.2) is 0 Å². The van der Waals surface area contributed by atoms with Crippen LogP contribution in [0.1, 0.15) is 28.7 Å². The smallest absolute Gasteiger partial charge is 0.267 e. The van der Waals surface area contributed by atoms with E-state index < -0.39 is 18.9 Å². The second-order valence-corrected chi connectivity index (χ2v) is 4.42. The standard InChI is InChI=1S/C10H15F2N3O2S/c1-2-3-7-9(18-14-13-7)10(17)15(4-5-16)6-8(11)12/h8,16H,2-6H2,1H3. The topological polar surface area (TPSA) is 66.3 Å². The summed E-state index contributed by atoms with van der Waals surface area (Å²) in [6.45, 7) is 0.765. The number of rotatable bonds is 7. The Morgan fingerprint density at radius 1 is 1.56 bits per heavy atom. The van der Waals surface area contributed by atoms with Crippen LogP contribution in [0.4, 0.5) is 8.78 Å². The zero-order valence-electron chi connectivity index (χ0n) is 9.97. The first-order valence-electron chi connectivity index (χ1n) is 5.59. The van der Waals surface area contributed by atoms with Crippen molar-refractivity contribution < 1.29 is 18.7 Å². The maximum Gasteiger partial charge on any atom is 0.267 e. The molecule has 1 heterocycles. The van der Waals surface area contributed by atoms with Crippen molar-refractivity contribution in [2.45, 2.75) is 26.2 Å². The molecule has 18 heavy (non-hydrogen) atoms. The van der Waals surface area contributed by atoms with Crippen LogP contribution in [0.5, 0.6) is 0 Å². The highest BCUT2D eigenvalue weighted by molar-refractivity contribution is 7.08. The summed E-state index contributed by atoms with van der Waals surface area (Å²) in [5.41, 5.74) is 0.532. The minimum atomic E-state index is -2.63. The predicted octanol–water partition coefficient (Wildman–Crippen LogP) is 1.19. The molecule has 102 valence electrons. The molecule has 0 atom stereocenters. The number of halogens is 2. The summed E-state index contributed by atoms with van der Waals surface area (Å²) in [6.07, 6.45) is -1.25. The normalized spacial score (nSPS) is 10.9. The molecular weight excluding hydrogens is 264 g/mol. The number of aliphatic hydroxyl groups is 1. The number of aromatic nitrogens is 2. The molecule has 1 N–H and O–H groups in total. The number of amides is 1. The fraction of sp³-hybridized carbons (Fsp3) is 0.700. The molecule has 0 radical (unpaired) electrons. The number of aliphatic hydroxyl groups excluding tert-OH is 1. The van der Waals surface area contributed by atoms with Crippen molar-refractivity contribution in [3.8, 4) is 0 Å². The van der Waals surface area contributed by atoms with E-state index in [1.54, 1.807) is 0 Å². The summed E-state index contributed by atoms with van der Waals surface area (Å²) in [4.78, 5) is 13.3. The van der Waals surface area contributed by atoms with E-state index in [0.29, 0.717) is 12.1 Å². The third kappa shape index (κ3) is 3.95. The third-order valence-electron chi connectivity index (χ3n) is 2.25. The van der Waals surface area contributed by atoms with E-state index in [2.05, 4.69) is 9.59 Å². The van der Waals surface area contributed by atoms with Crippen molar-refractivity contribution in [2.24, 2.45) is 0 Å².